The highest BCUT2D eigenvalue weighted by Gasteiger charge is 2.24. The third-order valence-electron chi connectivity index (χ3n) is 3.13. The van der Waals surface area contributed by atoms with Crippen molar-refractivity contribution < 1.29 is 9.47 Å². The Morgan fingerprint density at radius 3 is 2.60 bits per heavy atom. The van der Waals surface area contributed by atoms with E-state index in [0.29, 0.717) is 11.6 Å². The summed E-state index contributed by atoms with van der Waals surface area (Å²) in [4.78, 5) is 4.19. The average Bonchev–Trinajstić information content (AvgIpc) is 2.90. The Labute approximate surface area is 118 Å². The van der Waals surface area contributed by atoms with Crippen molar-refractivity contribution in [2.45, 2.75) is 25.9 Å². The molecule has 2 heterocycles. The number of pyridine rings is 1. The van der Waals surface area contributed by atoms with Gasteiger partial charge in [0, 0.05) is 17.8 Å². The van der Waals surface area contributed by atoms with Crippen molar-refractivity contribution in [1.29, 1.82) is 0 Å². The second-order valence-electron chi connectivity index (χ2n) is 4.72. The topological polar surface area (TPSA) is 75.2 Å². The Bertz CT molecular complexity index is 580. The normalized spacial score (nSPS) is 12.5. The largest absolute Gasteiger partial charge is 0.493 e. The van der Waals surface area contributed by atoms with Gasteiger partial charge in [0.25, 0.3) is 0 Å². The van der Waals surface area contributed by atoms with E-state index in [9.17, 15) is 0 Å². The highest BCUT2D eigenvalue weighted by Crippen LogP contribution is 2.33. The number of ether oxygens (including phenoxy) is 2. The molecule has 6 heteroatoms. The van der Waals surface area contributed by atoms with E-state index in [0.717, 1.165) is 11.3 Å². The van der Waals surface area contributed by atoms with Crippen LogP contribution in [0.5, 0.6) is 11.6 Å². The van der Waals surface area contributed by atoms with Crippen molar-refractivity contribution >= 4 is 0 Å². The van der Waals surface area contributed by atoms with Crippen molar-refractivity contribution in [3.8, 4) is 11.6 Å². The quantitative estimate of drug-likeness (QED) is 0.903. The first-order valence-corrected chi connectivity index (χ1v) is 6.46. The van der Waals surface area contributed by atoms with E-state index in [4.69, 9.17) is 15.2 Å². The van der Waals surface area contributed by atoms with Gasteiger partial charge in [-0.25, -0.2) is 4.98 Å². The fourth-order valence-electron chi connectivity index (χ4n) is 2.18. The lowest BCUT2D eigenvalue weighted by Crippen LogP contribution is -2.20. The van der Waals surface area contributed by atoms with Gasteiger partial charge in [0.2, 0.25) is 5.88 Å². The Hall–Kier alpha value is -2.08. The van der Waals surface area contributed by atoms with Gasteiger partial charge in [-0.3, -0.25) is 4.68 Å². The number of aromatic nitrogens is 3. The summed E-state index contributed by atoms with van der Waals surface area (Å²) in [7, 11) is 3.19. The van der Waals surface area contributed by atoms with Crippen LogP contribution in [0.15, 0.2) is 24.5 Å². The second kappa shape index (κ2) is 5.92. The molecular formula is C14H20N4O2. The predicted molar refractivity (Wildman–Crippen MR) is 76.0 cm³/mol. The summed E-state index contributed by atoms with van der Waals surface area (Å²) in [5, 5.41) is 4.34. The first kappa shape index (κ1) is 14.3. The average molecular weight is 276 g/mol. The van der Waals surface area contributed by atoms with E-state index in [2.05, 4.69) is 10.1 Å². The Balaban J connectivity index is 2.52. The minimum Gasteiger partial charge on any atom is -0.493 e. The van der Waals surface area contributed by atoms with E-state index >= 15 is 0 Å². The van der Waals surface area contributed by atoms with Crippen molar-refractivity contribution in [3.63, 3.8) is 0 Å². The summed E-state index contributed by atoms with van der Waals surface area (Å²) in [5.74, 6) is 1.18. The fourth-order valence-corrected chi connectivity index (χ4v) is 2.18. The molecule has 2 N–H and O–H groups in total. The SMILES string of the molecule is COc1cnn(C(C)C)c1C(N)c1cccnc1OC. The number of nitrogens with zero attached hydrogens (tertiary/aromatic N) is 3. The molecule has 2 aromatic rings. The van der Waals surface area contributed by atoms with Gasteiger partial charge in [-0.2, -0.15) is 5.10 Å². The van der Waals surface area contributed by atoms with Crippen LogP contribution in [-0.2, 0) is 0 Å². The molecule has 0 amide bonds. The van der Waals surface area contributed by atoms with Gasteiger partial charge < -0.3 is 15.2 Å². The van der Waals surface area contributed by atoms with Crippen LogP contribution in [0.3, 0.4) is 0 Å². The third-order valence-corrected chi connectivity index (χ3v) is 3.13. The predicted octanol–water partition coefficient (Wildman–Crippen LogP) is 1.92. The summed E-state index contributed by atoms with van der Waals surface area (Å²) in [6.45, 7) is 4.09. The minimum atomic E-state index is -0.418. The Morgan fingerprint density at radius 1 is 1.25 bits per heavy atom. The third kappa shape index (κ3) is 2.46. The minimum absolute atomic E-state index is 0.183. The molecule has 0 aliphatic carbocycles. The van der Waals surface area contributed by atoms with Crippen molar-refractivity contribution in [2.24, 2.45) is 5.73 Å². The summed E-state index contributed by atoms with van der Waals surface area (Å²) < 4.78 is 12.5. The number of nitrogens with two attached hydrogens (primary N) is 1. The molecule has 2 aromatic heterocycles. The molecule has 0 spiro atoms. The zero-order chi connectivity index (χ0) is 14.7. The zero-order valence-electron chi connectivity index (χ0n) is 12.2. The van der Waals surface area contributed by atoms with E-state index in [-0.39, 0.29) is 6.04 Å². The molecule has 0 saturated carbocycles. The molecular weight excluding hydrogens is 256 g/mol. The number of hydrogen-bond donors (Lipinski definition) is 1. The number of rotatable bonds is 5. The van der Waals surface area contributed by atoms with Crippen molar-refractivity contribution in [2.75, 3.05) is 14.2 Å². The molecule has 0 bridgehead atoms. The standard InChI is InChI=1S/C14H20N4O2/c1-9(2)18-13(11(19-3)8-17-18)12(15)10-6-5-7-16-14(10)20-4/h5-9,12H,15H2,1-4H3. The maximum absolute atomic E-state index is 6.39. The highest BCUT2D eigenvalue weighted by molar-refractivity contribution is 5.40. The molecule has 0 aromatic carbocycles. The molecule has 2 rings (SSSR count). The smallest absolute Gasteiger partial charge is 0.218 e. The summed E-state index contributed by atoms with van der Waals surface area (Å²) in [6, 6.07) is 3.49. The van der Waals surface area contributed by atoms with E-state index in [1.807, 2.05) is 30.7 Å². The second-order valence-corrected chi connectivity index (χ2v) is 4.72. The van der Waals surface area contributed by atoms with E-state index < -0.39 is 6.04 Å². The fraction of sp³-hybridized carbons (Fsp3) is 0.429. The van der Waals surface area contributed by atoms with Gasteiger partial charge >= 0.3 is 0 Å². The van der Waals surface area contributed by atoms with Crippen molar-refractivity contribution in [1.82, 2.24) is 14.8 Å². The lowest BCUT2D eigenvalue weighted by atomic mass is 10.1. The molecule has 0 aliphatic rings. The highest BCUT2D eigenvalue weighted by atomic mass is 16.5. The molecule has 0 aliphatic heterocycles. The van der Waals surface area contributed by atoms with E-state index in [1.54, 1.807) is 26.6 Å². The van der Waals surface area contributed by atoms with Crippen LogP contribution < -0.4 is 15.2 Å². The molecule has 108 valence electrons. The first-order valence-electron chi connectivity index (χ1n) is 6.46. The van der Waals surface area contributed by atoms with Crippen LogP contribution in [0.2, 0.25) is 0 Å². The number of hydrogen-bond acceptors (Lipinski definition) is 5. The molecule has 0 saturated heterocycles. The van der Waals surface area contributed by atoms with Gasteiger partial charge in [0.1, 0.15) is 5.69 Å². The first-order chi connectivity index (χ1) is 9.60. The maximum atomic E-state index is 6.39. The Morgan fingerprint density at radius 2 is 2.00 bits per heavy atom. The molecule has 0 radical (unpaired) electrons. The molecule has 0 fully saturated rings. The van der Waals surface area contributed by atoms with Crippen LogP contribution in [0.1, 0.15) is 37.2 Å². The molecule has 20 heavy (non-hydrogen) atoms. The zero-order valence-corrected chi connectivity index (χ0v) is 12.2. The summed E-state index contributed by atoms with van der Waals surface area (Å²) in [5.41, 5.74) is 8.01. The van der Waals surface area contributed by atoms with Gasteiger partial charge in [-0.15, -0.1) is 0 Å². The van der Waals surface area contributed by atoms with E-state index in [1.165, 1.54) is 0 Å². The van der Waals surface area contributed by atoms with Gasteiger partial charge in [-0.1, -0.05) is 6.07 Å². The van der Waals surface area contributed by atoms with Gasteiger partial charge in [-0.05, 0) is 19.9 Å². The van der Waals surface area contributed by atoms with Crippen LogP contribution in [-0.4, -0.2) is 29.0 Å². The lowest BCUT2D eigenvalue weighted by Gasteiger charge is -2.19. The molecule has 6 nitrogen and oxygen atoms in total. The summed E-state index contributed by atoms with van der Waals surface area (Å²) >= 11 is 0. The van der Waals surface area contributed by atoms with Crippen LogP contribution >= 0.6 is 0 Å². The maximum Gasteiger partial charge on any atom is 0.218 e. The van der Waals surface area contributed by atoms with Crippen LogP contribution in [0.25, 0.3) is 0 Å². The van der Waals surface area contributed by atoms with Crippen LogP contribution in [0, 0.1) is 0 Å². The number of methoxy groups -OCH3 is 2. The molecule has 1 unspecified atom stereocenters. The monoisotopic (exact) mass is 276 g/mol. The van der Waals surface area contributed by atoms with Gasteiger partial charge in [0.05, 0.1) is 26.5 Å². The molecule has 1 atom stereocenters. The van der Waals surface area contributed by atoms with Gasteiger partial charge in [0.15, 0.2) is 5.75 Å². The van der Waals surface area contributed by atoms with Crippen LogP contribution in [0.4, 0.5) is 0 Å². The lowest BCUT2D eigenvalue weighted by molar-refractivity contribution is 0.383. The Kier molecular flexibility index (Phi) is 4.24. The summed E-state index contributed by atoms with van der Waals surface area (Å²) in [6.07, 6.45) is 3.35. The van der Waals surface area contributed by atoms with Crippen molar-refractivity contribution in [3.05, 3.63) is 35.8 Å².